The number of carboxylic acid groups (broad SMARTS) is 2. The van der Waals surface area contributed by atoms with Gasteiger partial charge in [-0.2, -0.15) is 0 Å². The van der Waals surface area contributed by atoms with Crippen LogP contribution in [-0.4, -0.2) is 86.5 Å². The Morgan fingerprint density at radius 3 is 2.15 bits per heavy atom. The van der Waals surface area contributed by atoms with Crippen molar-refractivity contribution in [3.8, 4) is 0 Å². The standard InChI is InChI=1S/C25H33N7O8/c1-14(26)22(36)31-17(7-8-21(34)35)24(38)32-18(9-15-5-3-2-4-6-15)23(37)28-12-20(33)30-19(25(39)40)10-16-11-27-13-29-16/h2-6,11,13-14,17-19H,7-10,12,26H2,1H3,(H,27,29)(H,28,37)(H,30,33)(H,31,36)(H,32,38)(H,34,35)(H,39,40)/t14-,17-,18-,19-/m0/s1. The molecule has 1 heterocycles. The SMILES string of the molecule is C[C@H](N)C(=O)N[C@@H](CCC(=O)O)C(=O)N[C@@H](Cc1ccccc1)C(=O)NCC(=O)N[C@@H](Cc1cnc[nH]1)C(=O)O. The fraction of sp³-hybridized carbons (Fsp3) is 0.400. The van der Waals surface area contributed by atoms with Crippen molar-refractivity contribution in [2.24, 2.45) is 5.73 Å². The molecule has 1 aromatic carbocycles. The molecule has 0 saturated heterocycles. The molecule has 2 aromatic rings. The summed E-state index contributed by atoms with van der Waals surface area (Å²) >= 11 is 0. The van der Waals surface area contributed by atoms with Crippen LogP contribution in [0.15, 0.2) is 42.9 Å². The van der Waals surface area contributed by atoms with Crippen molar-refractivity contribution in [3.05, 3.63) is 54.1 Å². The van der Waals surface area contributed by atoms with Crippen molar-refractivity contribution in [1.82, 2.24) is 31.2 Å². The maximum atomic E-state index is 13.0. The molecule has 0 spiro atoms. The molecule has 4 amide bonds. The van der Waals surface area contributed by atoms with Crippen LogP contribution in [0.3, 0.4) is 0 Å². The quantitative estimate of drug-likeness (QED) is 0.113. The molecule has 2 rings (SSSR count). The molecule has 4 atom stereocenters. The fourth-order valence-electron chi connectivity index (χ4n) is 3.52. The maximum absolute atomic E-state index is 13.0. The van der Waals surface area contributed by atoms with Gasteiger partial charge in [0.15, 0.2) is 0 Å². The van der Waals surface area contributed by atoms with Crippen LogP contribution in [0.1, 0.15) is 31.0 Å². The van der Waals surface area contributed by atoms with Crippen molar-refractivity contribution in [3.63, 3.8) is 0 Å². The first-order valence-corrected chi connectivity index (χ1v) is 12.4. The van der Waals surface area contributed by atoms with Gasteiger partial charge in [0.1, 0.15) is 18.1 Å². The minimum atomic E-state index is -1.29. The molecule has 216 valence electrons. The Morgan fingerprint density at radius 2 is 1.57 bits per heavy atom. The van der Waals surface area contributed by atoms with E-state index in [4.69, 9.17) is 10.8 Å². The highest BCUT2D eigenvalue weighted by atomic mass is 16.4. The van der Waals surface area contributed by atoms with Crippen LogP contribution in [0.2, 0.25) is 0 Å². The van der Waals surface area contributed by atoms with Crippen LogP contribution < -0.4 is 27.0 Å². The predicted octanol–water partition coefficient (Wildman–Crippen LogP) is -1.94. The Balaban J connectivity index is 2.10. The summed E-state index contributed by atoms with van der Waals surface area (Å²) in [6.45, 7) is 0.804. The van der Waals surface area contributed by atoms with Gasteiger partial charge in [-0.15, -0.1) is 0 Å². The number of nitrogens with zero attached hydrogens (tertiary/aromatic N) is 1. The van der Waals surface area contributed by atoms with E-state index in [9.17, 15) is 33.9 Å². The smallest absolute Gasteiger partial charge is 0.326 e. The minimum absolute atomic E-state index is 0.00446. The van der Waals surface area contributed by atoms with E-state index in [1.807, 2.05) is 0 Å². The van der Waals surface area contributed by atoms with Gasteiger partial charge in [0, 0.05) is 31.2 Å². The molecule has 0 unspecified atom stereocenters. The molecule has 0 aliphatic carbocycles. The number of benzene rings is 1. The van der Waals surface area contributed by atoms with Crippen LogP contribution in [-0.2, 0) is 41.6 Å². The Morgan fingerprint density at radius 1 is 0.900 bits per heavy atom. The van der Waals surface area contributed by atoms with Crippen LogP contribution in [0.4, 0.5) is 0 Å². The van der Waals surface area contributed by atoms with Gasteiger partial charge in [-0.1, -0.05) is 30.3 Å². The van der Waals surface area contributed by atoms with Gasteiger partial charge in [0.25, 0.3) is 0 Å². The zero-order valence-electron chi connectivity index (χ0n) is 21.8. The second kappa shape index (κ2) is 15.6. The van der Waals surface area contributed by atoms with Gasteiger partial charge >= 0.3 is 11.9 Å². The summed E-state index contributed by atoms with van der Waals surface area (Å²) in [6, 6.07) is 3.88. The third-order valence-corrected chi connectivity index (χ3v) is 5.64. The summed E-state index contributed by atoms with van der Waals surface area (Å²) in [5.74, 6) is -5.53. The molecule has 0 fully saturated rings. The molecule has 15 nitrogen and oxygen atoms in total. The largest absolute Gasteiger partial charge is 0.481 e. The van der Waals surface area contributed by atoms with E-state index in [1.54, 1.807) is 30.3 Å². The highest BCUT2D eigenvalue weighted by Crippen LogP contribution is 2.06. The summed E-state index contributed by atoms with van der Waals surface area (Å²) in [5.41, 5.74) is 6.70. The Hall–Kier alpha value is -4.79. The van der Waals surface area contributed by atoms with E-state index in [-0.39, 0.29) is 19.3 Å². The van der Waals surface area contributed by atoms with E-state index in [0.29, 0.717) is 11.3 Å². The first-order chi connectivity index (χ1) is 19.0. The number of nitrogens with two attached hydrogens (primary N) is 1. The summed E-state index contributed by atoms with van der Waals surface area (Å²) in [6.07, 6.45) is 2.04. The molecule has 1 aromatic heterocycles. The summed E-state index contributed by atoms with van der Waals surface area (Å²) in [5, 5.41) is 28.0. The lowest BCUT2D eigenvalue weighted by Crippen LogP contribution is -2.56. The summed E-state index contributed by atoms with van der Waals surface area (Å²) in [7, 11) is 0. The molecule has 0 aliphatic rings. The van der Waals surface area contributed by atoms with Crippen molar-refractivity contribution in [2.45, 2.75) is 56.8 Å². The van der Waals surface area contributed by atoms with E-state index >= 15 is 0 Å². The van der Waals surface area contributed by atoms with Crippen molar-refractivity contribution in [1.29, 1.82) is 0 Å². The lowest BCUT2D eigenvalue weighted by molar-refractivity contribution is -0.142. The number of aromatic amines is 1. The molecule has 0 radical (unpaired) electrons. The van der Waals surface area contributed by atoms with Crippen molar-refractivity contribution >= 4 is 35.6 Å². The number of imidazole rings is 1. The van der Waals surface area contributed by atoms with Gasteiger partial charge in [-0.25, -0.2) is 9.78 Å². The maximum Gasteiger partial charge on any atom is 0.326 e. The average molecular weight is 560 g/mol. The number of hydrogen-bond donors (Lipinski definition) is 8. The Kier molecular flexibility index (Phi) is 12.2. The van der Waals surface area contributed by atoms with Crippen LogP contribution >= 0.6 is 0 Å². The van der Waals surface area contributed by atoms with Crippen LogP contribution in [0.25, 0.3) is 0 Å². The molecule has 15 heteroatoms. The lowest BCUT2D eigenvalue weighted by atomic mass is 10.0. The highest BCUT2D eigenvalue weighted by molar-refractivity contribution is 5.94. The number of amides is 4. The second-order valence-corrected chi connectivity index (χ2v) is 8.99. The molecule has 0 aliphatic heterocycles. The first kappa shape index (κ1) is 31.4. The average Bonchev–Trinajstić information content (AvgIpc) is 3.42. The molecular formula is C25H33N7O8. The zero-order chi connectivity index (χ0) is 29.7. The molecule has 0 bridgehead atoms. The number of carboxylic acids is 2. The number of hydrogen-bond acceptors (Lipinski definition) is 8. The van der Waals surface area contributed by atoms with Crippen LogP contribution in [0.5, 0.6) is 0 Å². The van der Waals surface area contributed by atoms with E-state index in [0.717, 1.165) is 0 Å². The predicted molar refractivity (Wildman–Crippen MR) is 139 cm³/mol. The van der Waals surface area contributed by atoms with Gasteiger partial charge in [0.05, 0.1) is 18.9 Å². The number of carbonyl (C=O) groups excluding carboxylic acids is 4. The number of rotatable bonds is 16. The van der Waals surface area contributed by atoms with E-state index < -0.39 is 72.7 Å². The molecule has 40 heavy (non-hydrogen) atoms. The lowest BCUT2D eigenvalue weighted by Gasteiger charge is -2.24. The number of aromatic nitrogens is 2. The van der Waals surface area contributed by atoms with E-state index in [1.165, 1.54) is 19.4 Å². The third kappa shape index (κ3) is 10.9. The van der Waals surface area contributed by atoms with Gasteiger partial charge in [-0.3, -0.25) is 24.0 Å². The third-order valence-electron chi connectivity index (χ3n) is 5.64. The number of H-pyrrole nitrogens is 1. The monoisotopic (exact) mass is 559 g/mol. The molecular weight excluding hydrogens is 526 g/mol. The fourth-order valence-corrected chi connectivity index (χ4v) is 3.52. The Bertz CT molecular complexity index is 1170. The number of aliphatic carboxylic acids is 2. The van der Waals surface area contributed by atoms with Crippen molar-refractivity contribution < 1.29 is 39.0 Å². The topological polar surface area (TPSA) is 246 Å². The highest BCUT2D eigenvalue weighted by Gasteiger charge is 2.29. The summed E-state index contributed by atoms with van der Waals surface area (Å²) < 4.78 is 0. The first-order valence-electron chi connectivity index (χ1n) is 12.4. The molecule has 9 N–H and O–H groups in total. The summed E-state index contributed by atoms with van der Waals surface area (Å²) in [4.78, 5) is 79.7. The number of carbonyl (C=O) groups is 6. The van der Waals surface area contributed by atoms with Crippen LogP contribution in [0, 0.1) is 0 Å². The second-order valence-electron chi connectivity index (χ2n) is 8.99. The minimum Gasteiger partial charge on any atom is -0.481 e. The normalized spacial score (nSPS) is 13.7. The number of nitrogens with one attached hydrogen (secondary N) is 5. The van der Waals surface area contributed by atoms with Gasteiger partial charge < -0.3 is 42.2 Å². The van der Waals surface area contributed by atoms with Crippen molar-refractivity contribution in [2.75, 3.05) is 6.54 Å². The Labute approximate surface area is 229 Å². The van der Waals surface area contributed by atoms with Gasteiger partial charge in [0.2, 0.25) is 23.6 Å². The molecule has 0 saturated carbocycles. The van der Waals surface area contributed by atoms with E-state index in [2.05, 4.69) is 31.2 Å². The zero-order valence-corrected chi connectivity index (χ0v) is 21.8. The van der Waals surface area contributed by atoms with Gasteiger partial charge in [-0.05, 0) is 18.9 Å².